The van der Waals surface area contributed by atoms with Crippen molar-refractivity contribution in [2.24, 2.45) is 16.7 Å². The topological polar surface area (TPSA) is 40.5 Å². The molecule has 0 aliphatic heterocycles. The van der Waals surface area contributed by atoms with Crippen molar-refractivity contribution in [1.29, 1.82) is 0 Å². The van der Waals surface area contributed by atoms with Gasteiger partial charge in [-0.2, -0.15) is 0 Å². The Morgan fingerprint density at radius 2 is 1.21 bits per heavy atom. The highest BCUT2D eigenvalue weighted by molar-refractivity contribution is 5.38. The second-order valence-electron chi connectivity index (χ2n) is 13.7. The molecule has 0 spiro atoms. The maximum atomic E-state index is 10.1. The lowest BCUT2D eigenvalue weighted by molar-refractivity contribution is 0.116. The van der Waals surface area contributed by atoms with Crippen LogP contribution in [0.2, 0.25) is 0 Å². The van der Waals surface area contributed by atoms with Crippen LogP contribution >= 0.6 is 0 Å². The Morgan fingerprint density at radius 3 is 1.74 bits per heavy atom. The molecule has 0 aromatic rings. The molecule has 2 aliphatic rings. The molecule has 2 nitrogen and oxygen atoms in total. The second kappa shape index (κ2) is 16.1. The molecule has 2 aliphatic carbocycles. The summed E-state index contributed by atoms with van der Waals surface area (Å²) in [5.41, 5.74) is 8.73. The first kappa shape index (κ1) is 35.3. The van der Waals surface area contributed by atoms with E-state index >= 15 is 0 Å². The van der Waals surface area contributed by atoms with E-state index in [4.69, 9.17) is 0 Å². The normalized spacial score (nSPS) is 26.6. The molecule has 0 aromatic carbocycles. The third-order valence-corrected chi connectivity index (χ3v) is 8.33. The van der Waals surface area contributed by atoms with Crippen molar-refractivity contribution in [2.45, 2.75) is 101 Å². The van der Waals surface area contributed by atoms with Gasteiger partial charge in [-0.15, -0.1) is 0 Å². The first-order valence-corrected chi connectivity index (χ1v) is 15.4. The number of aliphatic hydroxyl groups excluding tert-OH is 2. The van der Waals surface area contributed by atoms with Crippen molar-refractivity contribution in [3.63, 3.8) is 0 Å². The molecule has 2 heteroatoms. The third-order valence-electron chi connectivity index (χ3n) is 8.33. The molecule has 2 N–H and O–H groups in total. The van der Waals surface area contributed by atoms with E-state index in [1.807, 2.05) is 6.08 Å². The fourth-order valence-corrected chi connectivity index (χ4v) is 6.14. The summed E-state index contributed by atoms with van der Waals surface area (Å²) in [4.78, 5) is 0. The predicted octanol–water partition coefficient (Wildman–Crippen LogP) is 10.4. The van der Waals surface area contributed by atoms with Crippen molar-refractivity contribution in [3.8, 4) is 0 Å². The summed E-state index contributed by atoms with van der Waals surface area (Å²) < 4.78 is 0. The smallest absolute Gasteiger partial charge is 0.0729 e. The Morgan fingerprint density at radius 1 is 0.714 bits per heavy atom. The van der Waals surface area contributed by atoms with Crippen molar-refractivity contribution < 1.29 is 10.2 Å². The molecule has 0 unspecified atom stereocenters. The summed E-state index contributed by atoms with van der Waals surface area (Å²) in [5.74, 6) is 0.348. The van der Waals surface area contributed by atoms with Gasteiger partial charge >= 0.3 is 0 Å². The fraction of sp³-hybridized carbons (Fsp3) is 0.450. The lowest BCUT2D eigenvalue weighted by Gasteiger charge is -2.38. The molecule has 3 atom stereocenters. The van der Waals surface area contributed by atoms with Crippen LogP contribution in [0, 0.1) is 16.7 Å². The van der Waals surface area contributed by atoms with Gasteiger partial charge in [-0.25, -0.2) is 0 Å². The Bertz CT molecular complexity index is 1270. The standard InChI is InChI=1S/C40H56O2/c1-29(17-13-19-31(3)21-23-37-33(5)25-35(41)27-39(37,7)8)15-11-12-16-30(2)18-14-20-32(4)22-24-38-34(6)26-36(42)28-40(38,9)10/h11-25,35-37,41-42H,26-28H2,1-10H3/t35-,36-,37+/m1/s1. The summed E-state index contributed by atoms with van der Waals surface area (Å²) in [5, 5.41) is 20.2. The highest BCUT2D eigenvalue weighted by Crippen LogP contribution is 2.42. The molecular weight excluding hydrogens is 512 g/mol. The fourth-order valence-electron chi connectivity index (χ4n) is 6.14. The van der Waals surface area contributed by atoms with Crippen LogP contribution in [0.25, 0.3) is 0 Å². The van der Waals surface area contributed by atoms with Crippen LogP contribution in [0.5, 0.6) is 0 Å². The molecule has 0 bridgehead atoms. The minimum atomic E-state index is -0.331. The van der Waals surface area contributed by atoms with E-state index in [2.05, 4.69) is 154 Å². The van der Waals surface area contributed by atoms with Gasteiger partial charge in [-0.05, 0) is 77.2 Å². The average Bonchev–Trinajstić information content (AvgIpc) is 2.84. The molecule has 0 amide bonds. The van der Waals surface area contributed by atoms with Crippen LogP contribution in [0.3, 0.4) is 0 Å². The summed E-state index contributed by atoms with van der Waals surface area (Å²) in [6.07, 6.45) is 33.8. The number of hydrogen-bond acceptors (Lipinski definition) is 2. The van der Waals surface area contributed by atoms with Crippen LogP contribution in [-0.2, 0) is 0 Å². The molecule has 42 heavy (non-hydrogen) atoms. The Kier molecular flexibility index (Phi) is 13.5. The van der Waals surface area contributed by atoms with Gasteiger partial charge < -0.3 is 10.2 Å². The Hall–Kier alpha value is -2.94. The van der Waals surface area contributed by atoms with E-state index in [0.29, 0.717) is 5.92 Å². The zero-order chi connectivity index (χ0) is 31.5. The minimum absolute atomic E-state index is 0.00528. The van der Waals surface area contributed by atoms with Gasteiger partial charge in [0.1, 0.15) is 0 Å². The largest absolute Gasteiger partial charge is 0.393 e. The summed E-state index contributed by atoms with van der Waals surface area (Å²) >= 11 is 0. The van der Waals surface area contributed by atoms with Crippen LogP contribution in [0.4, 0.5) is 0 Å². The van der Waals surface area contributed by atoms with Gasteiger partial charge in [0.2, 0.25) is 0 Å². The van der Waals surface area contributed by atoms with E-state index < -0.39 is 0 Å². The summed E-state index contributed by atoms with van der Waals surface area (Å²) in [7, 11) is 0. The predicted molar refractivity (Wildman–Crippen MR) is 184 cm³/mol. The molecule has 0 saturated carbocycles. The molecule has 2 rings (SSSR count). The van der Waals surface area contributed by atoms with Gasteiger partial charge in [0.25, 0.3) is 0 Å². The first-order valence-electron chi connectivity index (χ1n) is 15.4. The zero-order valence-electron chi connectivity index (χ0n) is 27.9. The maximum absolute atomic E-state index is 10.1. The molecule has 0 aromatic heterocycles. The van der Waals surface area contributed by atoms with Crippen LogP contribution in [0.1, 0.15) is 88.5 Å². The number of hydrogen-bond donors (Lipinski definition) is 2. The van der Waals surface area contributed by atoms with Crippen LogP contribution in [-0.4, -0.2) is 22.4 Å². The maximum Gasteiger partial charge on any atom is 0.0729 e. The molecule has 0 radical (unpaired) electrons. The molecule has 0 fully saturated rings. The van der Waals surface area contributed by atoms with Crippen molar-refractivity contribution in [3.05, 3.63) is 130 Å². The summed E-state index contributed by atoms with van der Waals surface area (Å²) in [6, 6.07) is 0. The second-order valence-corrected chi connectivity index (χ2v) is 13.7. The highest BCUT2D eigenvalue weighted by Gasteiger charge is 2.34. The van der Waals surface area contributed by atoms with E-state index in [1.165, 1.54) is 39.0 Å². The molecular formula is C40H56O2. The SMILES string of the molecule is CC(C=CC=C(C)C=CC1=C(C)C[C@@H](O)CC1(C)C)=CC=CC=C(C)C=CC=C(C)C=C[C@H]1C(C)=C[C@@H](O)CC1(C)C. The van der Waals surface area contributed by atoms with E-state index in [0.717, 1.165) is 19.3 Å². The highest BCUT2D eigenvalue weighted by atomic mass is 16.3. The lowest BCUT2D eigenvalue weighted by Crippen LogP contribution is -2.32. The van der Waals surface area contributed by atoms with E-state index in [9.17, 15) is 10.2 Å². The van der Waals surface area contributed by atoms with Crippen molar-refractivity contribution >= 4 is 0 Å². The minimum Gasteiger partial charge on any atom is -0.393 e. The molecule has 228 valence electrons. The van der Waals surface area contributed by atoms with E-state index in [-0.39, 0.29) is 23.0 Å². The van der Waals surface area contributed by atoms with Crippen molar-refractivity contribution in [1.82, 2.24) is 0 Å². The first-order chi connectivity index (χ1) is 19.6. The molecule has 0 saturated heterocycles. The summed E-state index contributed by atoms with van der Waals surface area (Å²) in [6.45, 7) is 21.6. The van der Waals surface area contributed by atoms with Gasteiger partial charge in [-0.1, -0.05) is 152 Å². The van der Waals surface area contributed by atoms with Gasteiger partial charge in [0.15, 0.2) is 0 Å². The van der Waals surface area contributed by atoms with E-state index in [1.54, 1.807) is 0 Å². The zero-order valence-corrected chi connectivity index (χ0v) is 27.9. The number of rotatable bonds is 10. The van der Waals surface area contributed by atoms with Crippen LogP contribution < -0.4 is 0 Å². The third kappa shape index (κ3) is 11.7. The van der Waals surface area contributed by atoms with Crippen molar-refractivity contribution in [2.75, 3.05) is 0 Å². The molecule has 0 heterocycles. The number of aliphatic hydroxyl groups is 2. The Labute approximate surface area is 257 Å². The monoisotopic (exact) mass is 568 g/mol. The van der Waals surface area contributed by atoms with Crippen LogP contribution in [0.15, 0.2) is 130 Å². The Balaban J connectivity index is 1.90. The average molecular weight is 569 g/mol. The van der Waals surface area contributed by atoms with Gasteiger partial charge in [0, 0.05) is 5.92 Å². The quantitative estimate of drug-likeness (QED) is 0.203. The lowest BCUT2D eigenvalue weighted by atomic mass is 9.67. The number of allylic oxidation sites excluding steroid dienone is 20. The van der Waals surface area contributed by atoms with Gasteiger partial charge in [0.05, 0.1) is 12.2 Å². The van der Waals surface area contributed by atoms with Gasteiger partial charge in [-0.3, -0.25) is 0 Å².